The second-order valence-electron chi connectivity index (χ2n) is 4.68. The van der Waals surface area contributed by atoms with Crippen molar-refractivity contribution in [2.24, 2.45) is 0 Å². The number of hydrogen-bond acceptors (Lipinski definition) is 2. The fourth-order valence-corrected chi connectivity index (χ4v) is 1.71. The molecule has 0 aromatic heterocycles. The SMILES string of the molecule is CC(C)c1ccc(OCc2ccc(O)cc2)cc1. The van der Waals surface area contributed by atoms with Gasteiger partial charge in [-0.05, 0) is 41.3 Å². The van der Waals surface area contributed by atoms with E-state index in [0.717, 1.165) is 11.3 Å². The largest absolute Gasteiger partial charge is 0.508 e. The molecule has 0 heterocycles. The molecular formula is C16H18O2. The topological polar surface area (TPSA) is 29.5 Å². The van der Waals surface area contributed by atoms with Gasteiger partial charge in [0.25, 0.3) is 0 Å². The van der Waals surface area contributed by atoms with E-state index < -0.39 is 0 Å². The standard InChI is InChI=1S/C16H18O2/c1-12(2)14-5-9-16(10-6-14)18-11-13-3-7-15(17)8-4-13/h3-10,12,17H,11H2,1-2H3. The van der Waals surface area contributed by atoms with E-state index in [1.165, 1.54) is 5.56 Å². The van der Waals surface area contributed by atoms with E-state index in [4.69, 9.17) is 4.74 Å². The Labute approximate surface area is 108 Å². The molecule has 0 aliphatic heterocycles. The molecule has 1 N–H and O–H groups in total. The van der Waals surface area contributed by atoms with Crippen molar-refractivity contribution in [2.45, 2.75) is 26.4 Å². The fourth-order valence-electron chi connectivity index (χ4n) is 1.71. The highest BCUT2D eigenvalue weighted by Gasteiger charge is 2.00. The number of hydrogen-bond donors (Lipinski definition) is 1. The molecule has 0 fully saturated rings. The summed E-state index contributed by atoms with van der Waals surface area (Å²) in [6.07, 6.45) is 0. The quantitative estimate of drug-likeness (QED) is 0.874. The Morgan fingerprint density at radius 1 is 0.944 bits per heavy atom. The van der Waals surface area contributed by atoms with Crippen molar-refractivity contribution in [1.82, 2.24) is 0 Å². The summed E-state index contributed by atoms with van der Waals surface area (Å²) >= 11 is 0. The van der Waals surface area contributed by atoms with Crippen molar-refractivity contribution in [3.05, 3.63) is 59.7 Å². The first-order chi connectivity index (χ1) is 8.65. The monoisotopic (exact) mass is 242 g/mol. The van der Waals surface area contributed by atoms with Gasteiger partial charge in [0.1, 0.15) is 18.1 Å². The highest BCUT2D eigenvalue weighted by atomic mass is 16.5. The minimum absolute atomic E-state index is 0.278. The maximum absolute atomic E-state index is 9.18. The summed E-state index contributed by atoms with van der Waals surface area (Å²) in [4.78, 5) is 0. The zero-order valence-electron chi connectivity index (χ0n) is 10.8. The first kappa shape index (κ1) is 12.5. The normalized spacial score (nSPS) is 10.6. The second-order valence-corrected chi connectivity index (χ2v) is 4.68. The van der Waals surface area contributed by atoms with Crippen LogP contribution in [0.5, 0.6) is 11.5 Å². The molecule has 0 amide bonds. The van der Waals surface area contributed by atoms with Gasteiger partial charge in [0.15, 0.2) is 0 Å². The van der Waals surface area contributed by atoms with E-state index in [-0.39, 0.29) is 5.75 Å². The summed E-state index contributed by atoms with van der Waals surface area (Å²) < 4.78 is 5.69. The van der Waals surface area contributed by atoms with Crippen LogP contribution in [0.25, 0.3) is 0 Å². The lowest BCUT2D eigenvalue weighted by Crippen LogP contribution is -1.95. The van der Waals surface area contributed by atoms with Gasteiger partial charge in [0.2, 0.25) is 0 Å². The van der Waals surface area contributed by atoms with Crippen LogP contribution in [-0.4, -0.2) is 5.11 Å². The number of phenolic OH excluding ortho intramolecular Hbond substituents is 1. The van der Waals surface area contributed by atoms with Gasteiger partial charge in [-0.1, -0.05) is 38.1 Å². The minimum Gasteiger partial charge on any atom is -0.508 e. The summed E-state index contributed by atoms with van der Waals surface area (Å²) in [5.41, 5.74) is 2.35. The van der Waals surface area contributed by atoms with E-state index in [2.05, 4.69) is 26.0 Å². The van der Waals surface area contributed by atoms with Gasteiger partial charge in [-0.15, -0.1) is 0 Å². The first-order valence-electron chi connectivity index (χ1n) is 6.16. The summed E-state index contributed by atoms with van der Waals surface area (Å²) in [7, 11) is 0. The molecule has 18 heavy (non-hydrogen) atoms. The smallest absolute Gasteiger partial charge is 0.119 e. The molecule has 0 unspecified atom stereocenters. The molecule has 2 heteroatoms. The number of benzene rings is 2. The Balaban J connectivity index is 1.95. The van der Waals surface area contributed by atoms with Crippen LogP contribution in [0.4, 0.5) is 0 Å². The third-order valence-corrected chi connectivity index (χ3v) is 2.89. The highest BCUT2D eigenvalue weighted by Crippen LogP contribution is 2.19. The van der Waals surface area contributed by atoms with Gasteiger partial charge in [-0.2, -0.15) is 0 Å². The van der Waals surface area contributed by atoms with Crippen LogP contribution >= 0.6 is 0 Å². The molecule has 2 aromatic carbocycles. The predicted octanol–water partition coefficient (Wildman–Crippen LogP) is 4.09. The number of ether oxygens (including phenoxy) is 1. The van der Waals surface area contributed by atoms with Crippen LogP contribution in [0.15, 0.2) is 48.5 Å². The lowest BCUT2D eigenvalue weighted by Gasteiger charge is -2.09. The van der Waals surface area contributed by atoms with Gasteiger partial charge >= 0.3 is 0 Å². The van der Waals surface area contributed by atoms with E-state index in [9.17, 15) is 5.11 Å². The molecule has 0 radical (unpaired) electrons. The van der Waals surface area contributed by atoms with Crippen molar-refractivity contribution in [1.29, 1.82) is 0 Å². The van der Waals surface area contributed by atoms with Crippen molar-refractivity contribution in [3.63, 3.8) is 0 Å². The summed E-state index contributed by atoms with van der Waals surface area (Å²) in [6, 6.07) is 15.2. The molecule has 0 atom stereocenters. The van der Waals surface area contributed by atoms with Gasteiger partial charge in [0.05, 0.1) is 0 Å². The number of rotatable bonds is 4. The third kappa shape index (κ3) is 3.27. The minimum atomic E-state index is 0.278. The van der Waals surface area contributed by atoms with Crippen molar-refractivity contribution < 1.29 is 9.84 Å². The summed E-state index contributed by atoms with van der Waals surface area (Å²) in [6.45, 7) is 4.86. The van der Waals surface area contributed by atoms with Crippen molar-refractivity contribution in [3.8, 4) is 11.5 Å². The van der Waals surface area contributed by atoms with Crippen LogP contribution in [0, 0.1) is 0 Å². The summed E-state index contributed by atoms with van der Waals surface area (Å²) in [5.74, 6) is 1.68. The van der Waals surface area contributed by atoms with Gasteiger partial charge in [-0.25, -0.2) is 0 Å². The maximum atomic E-state index is 9.18. The van der Waals surface area contributed by atoms with Gasteiger partial charge < -0.3 is 9.84 Å². The molecule has 2 aromatic rings. The average molecular weight is 242 g/mol. The zero-order valence-corrected chi connectivity index (χ0v) is 10.8. The van der Waals surface area contributed by atoms with E-state index >= 15 is 0 Å². The lowest BCUT2D eigenvalue weighted by atomic mass is 10.0. The van der Waals surface area contributed by atoms with Crippen LogP contribution in [-0.2, 0) is 6.61 Å². The Morgan fingerprint density at radius 2 is 1.56 bits per heavy atom. The predicted molar refractivity (Wildman–Crippen MR) is 73.0 cm³/mol. The van der Waals surface area contributed by atoms with Crippen molar-refractivity contribution >= 4 is 0 Å². The summed E-state index contributed by atoms with van der Waals surface area (Å²) in [5, 5.41) is 9.18. The van der Waals surface area contributed by atoms with E-state index in [1.54, 1.807) is 12.1 Å². The number of aromatic hydroxyl groups is 1. The van der Waals surface area contributed by atoms with E-state index in [1.807, 2.05) is 24.3 Å². The molecule has 0 aliphatic carbocycles. The van der Waals surface area contributed by atoms with Crippen LogP contribution in [0.2, 0.25) is 0 Å². The van der Waals surface area contributed by atoms with Crippen LogP contribution in [0.1, 0.15) is 30.9 Å². The van der Waals surface area contributed by atoms with Gasteiger partial charge in [-0.3, -0.25) is 0 Å². The Morgan fingerprint density at radius 3 is 2.11 bits per heavy atom. The molecule has 94 valence electrons. The molecule has 0 bridgehead atoms. The molecule has 0 saturated heterocycles. The van der Waals surface area contributed by atoms with Gasteiger partial charge in [0, 0.05) is 0 Å². The van der Waals surface area contributed by atoms with Crippen molar-refractivity contribution in [2.75, 3.05) is 0 Å². The molecular weight excluding hydrogens is 224 g/mol. The second kappa shape index (κ2) is 5.58. The Bertz CT molecular complexity index is 484. The molecule has 0 aliphatic rings. The molecule has 0 saturated carbocycles. The average Bonchev–Trinajstić information content (AvgIpc) is 2.38. The van der Waals surface area contributed by atoms with Crippen LogP contribution in [0.3, 0.4) is 0 Å². The molecule has 2 nitrogen and oxygen atoms in total. The Hall–Kier alpha value is -1.96. The maximum Gasteiger partial charge on any atom is 0.119 e. The first-order valence-corrected chi connectivity index (χ1v) is 6.16. The number of phenols is 1. The molecule has 2 rings (SSSR count). The lowest BCUT2D eigenvalue weighted by molar-refractivity contribution is 0.306. The van der Waals surface area contributed by atoms with E-state index in [0.29, 0.717) is 12.5 Å². The fraction of sp³-hybridized carbons (Fsp3) is 0.250. The highest BCUT2D eigenvalue weighted by molar-refractivity contribution is 5.30. The molecule has 0 spiro atoms. The third-order valence-electron chi connectivity index (χ3n) is 2.89. The van der Waals surface area contributed by atoms with Crippen LogP contribution < -0.4 is 4.74 Å². The Kier molecular flexibility index (Phi) is 3.88. The zero-order chi connectivity index (χ0) is 13.0.